The first kappa shape index (κ1) is 24.0. The van der Waals surface area contributed by atoms with Gasteiger partial charge in [0.25, 0.3) is 5.91 Å². The lowest BCUT2D eigenvalue weighted by Gasteiger charge is -2.09. The van der Waals surface area contributed by atoms with Gasteiger partial charge in [-0.2, -0.15) is 5.10 Å². The molecule has 0 fully saturated rings. The van der Waals surface area contributed by atoms with Crippen molar-refractivity contribution < 1.29 is 23.8 Å². The van der Waals surface area contributed by atoms with Crippen LogP contribution in [0.1, 0.15) is 28.4 Å². The summed E-state index contributed by atoms with van der Waals surface area (Å²) >= 11 is 3.38. The Balaban J connectivity index is 1.60. The zero-order valence-electron chi connectivity index (χ0n) is 18.2. The Morgan fingerprint density at radius 1 is 0.970 bits per heavy atom. The predicted molar refractivity (Wildman–Crippen MR) is 129 cm³/mol. The molecule has 0 saturated carbocycles. The smallest absolute Gasteiger partial charge is 0.343 e. The standard InChI is InChI=1S/C25H23BrN2O5/c1-3-31-21-11-6-18(7-12-21)25(30)33-23-13-8-20(26)14-19(23)15-27-28-24(29)16-32-22-9-4-17(2)5-10-22/h4-15H,3,16H2,1-2H3,(H,28,29)/b27-15+. The van der Waals surface area contributed by atoms with Crippen LogP contribution in [-0.4, -0.2) is 31.3 Å². The second-order valence-electron chi connectivity index (χ2n) is 6.92. The highest BCUT2D eigenvalue weighted by Gasteiger charge is 2.12. The summed E-state index contributed by atoms with van der Waals surface area (Å²) in [7, 11) is 0. The molecule has 33 heavy (non-hydrogen) atoms. The van der Waals surface area contributed by atoms with Crippen molar-refractivity contribution in [2.24, 2.45) is 5.10 Å². The topological polar surface area (TPSA) is 86.2 Å². The number of esters is 1. The molecule has 3 aromatic carbocycles. The zero-order valence-corrected chi connectivity index (χ0v) is 19.8. The molecule has 7 nitrogen and oxygen atoms in total. The minimum Gasteiger partial charge on any atom is -0.494 e. The van der Waals surface area contributed by atoms with E-state index in [4.69, 9.17) is 14.2 Å². The summed E-state index contributed by atoms with van der Waals surface area (Å²) < 4.78 is 17.1. The summed E-state index contributed by atoms with van der Waals surface area (Å²) in [6, 6.07) is 19.2. The van der Waals surface area contributed by atoms with Crippen LogP contribution in [0.15, 0.2) is 76.3 Å². The van der Waals surface area contributed by atoms with Crippen LogP contribution >= 0.6 is 15.9 Å². The van der Waals surface area contributed by atoms with Gasteiger partial charge in [-0.3, -0.25) is 4.79 Å². The number of benzene rings is 3. The maximum Gasteiger partial charge on any atom is 0.343 e. The first-order valence-corrected chi connectivity index (χ1v) is 11.0. The summed E-state index contributed by atoms with van der Waals surface area (Å²) in [6.07, 6.45) is 1.40. The van der Waals surface area contributed by atoms with E-state index in [1.165, 1.54) is 6.21 Å². The average Bonchev–Trinajstić information content (AvgIpc) is 2.81. The largest absolute Gasteiger partial charge is 0.494 e. The van der Waals surface area contributed by atoms with Gasteiger partial charge in [0.15, 0.2) is 6.61 Å². The van der Waals surface area contributed by atoms with Crippen LogP contribution in [0.5, 0.6) is 17.2 Å². The van der Waals surface area contributed by atoms with Crippen LogP contribution in [0.25, 0.3) is 0 Å². The Morgan fingerprint density at radius 3 is 2.33 bits per heavy atom. The van der Waals surface area contributed by atoms with E-state index in [0.29, 0.717) is 35.0 Å². The first-order chi connectivity index (χ1) is 15.9. The van der Waals surface area contributed by atoms with Gasteiger partial charge in [-0.05, 0) is 68.4 Å². The average molecular weight is 511 g/mol. The third-order valence-corrected chi connectivity index (χ3v) is 4.85. The monoisotopic (exact) mass is 510 g/mol. The van der Waals surface area contributed by atoms with Gasteiger partial charge in [-0.1, -0.05) is 33.6 Å². The molecule has 0 aliphatic heterocycles. The molecule has 0 aliphatic rings. The van der Waals surface area contributed by atoms with Crippen LogP contribution in [0.3, 0.4) is 0 Å². The minimum atomic E-state index is -0.523. The third kappa shape index (κ3) is 7.47. The summed E-state index contributed by atoms with van der Waals surface area (Å²) in [5, 5.41) is 3.95. The summed E-state index contributed by atoms with van der Waals surface area (Å²) in [5.74, 6) is 0.620. The number of carbonyl (C=O) groups is 2. The number of hydrazone groups is 1. The Morgan fingerprint density at radius 2 is 1.64 bits per heavy atom. The van der Waals surface area contributed by atoms with Crippen molar-refractivity contribution in [2.45, 2.75) is 13.8 Å². The fourth-order valence-electron chi connectivity index (χ4n) is 2.72. The summed E-state index contributed by atoms with van der Waals surface area (Å²) in [6.45, 7) is 4.22. The van der Waals surface area contributed by atoms with E-state index in [-0.39, 0.29) is 6.61 Å². The lowest BCUT2D eigenvalue weighted by atomic mass is 10.2. The fraction of sp³-hybridized carbons (Fsp3) is 0.160. The van der Waals surface area contributed by atoms with Crippen molar-refractivity contribution in [3.05, 3.63) is 87.9 Å². The number of amides is 1. The molecule has 8 heteroatoms. The highest BCUT2D eigenvalue weighted by atomic mass is 79.9. The molecule has 1 N–H and O–H groups in total. The molecule has 170 valence electrons. The lowest BCUT2D eigenvalue weighted by molar-refractivity contribution is -0.123. The van der Waals surface area contributed by atoms with E-state index < -0.39 is 11.9 Å². The molecule has 0 spiro atoms. The van der Waals surface area contributed by atoms with E-state index >= 15 is 0 Å². The molecular formula is C25H23BrN2O5. The van der Waals surface area contributed by atoms with Gasteiger partial charge in [-0.25, -0.2) is 10.2 Å². The number of nitrogens with one attached hydrogen (secondary N) is 1. The van der Waals surface area contributed by atoms with Gasteiger partial charge in [0.05, 0.1) is 18.4 Å². The molecule has 0 aromatic heterocycles. The number of ether oxygens (including phenoxy) is 3. The van der Waals surface area contributed by atoms with Gasteiger partial charge < -0.3 is 14.2 Å². The molecule has 0 atom stereocenters. The minimum absolute atomic E-state index is 0.182. The van der Waals surface area contributed by atoms with Crippen LogP contribution in [-0.2, 0) is 4.79 Å². The number of carbonyl (C=O) groups excluding carboxylic acids is 2. The van der Waals surface area contributed by atoms with Gasteiger partial charge in [-0.15, -0.1) is 0 Å². The predicted octanol–water partition coefficient (Wildman–Crippen LogP) is 4.90. The lowest BCUT2D eigenvalue weighted by Crippen LogP contribution is -2.24. The molecule has 1 amide bonds. The number of rotatable bonds is 9. The number of aryl methyl sites for hydroxylation is 1. The molecule has 3 aromatic rings. The highest BCUT2D eigenvalue weighted by Crippen LogP contribution is 2.23. The first-order valence-electron chi connectivity index (χ1n) is 10.2. The quantitative estimate of drug-likeness (QED) is 0.191. The van der Waals surface area contributed by atoms with Crippen molar-refractivity contribution in [2.75, 3.05) is 13.2 Å². The van der Waals surface area contributed by atoms with E-state index in [1.54, 1.807) is 54.6 Å². The molecular weight excluding hydrogens is 488 g/mol. The molecule has 0 aliphatic carbocycles. The van der Waals surface area contributed by atoms with E-state index in [2.05, 4.69) is 26.5 Å². The van der Waals surface area contributed by atoms with Gasteiger partial charge in [0.2, 0.25) is 0 Å². The number of halogens is 1. The molecule has 3 rings (SSSR count). The Kier molecular flexibility index (Phi) is 8.60. The highest BCUT2D eigenvalue weighted by molar-refractivity contribution is 9.10. The SMILES string of the molecule is CCOc1ccc(C(=O)Oc2ccc(Br)cc2/C=N/NC(=O)COc2ccc(C)cc2)cc1. The normalized spacial score (nSPS) is 10.6. The Bertz CT molecular complexity index is 1130. The van der Waals surface area contributed by atoms with Crippen molar-refractivity contribution in [1.29, 1.82) is 0 Å². The summed E-state index contributed by atoms with van der Waals surface area (Å²) in [5.41, 5.74) is 4.38. The van der Waals surface area contributed by atoms with Gasteiger partial charge in [0.1, 0.15) is 17.2 Å². The molecule has 0 unspecified atom stereocenters. The van der Waals surface area contributed by atoms with Crippen LogP contribution in [0, 0.1) is 6.92 Å². The van der Waals surface area contributed by atoms with Crippen LogP contribution < -0.4 is 19.6 Å². The molecule has 0 heterocycles. The number of hydrogen-bond donors (Lipinski definition) is 1. The molecule has 0 radical (unpaired) electrons. The van der Waals surface area contributed by atoms with E-state index in [9.17, 15) is 9.59 Å². The van der Waals surface area contributed by atoms with Crippen molar-refractivity contribution >= 4 is 34.0 Å². The molecule has 0 bridgehead atoms. The van der Waals surface area contributed by atoms with E-state index in [0.717, 1.165) is 10.0 Å². The third-order valence-electron chi connectivity index (χ3n) is 4.36. The summed E-state index contributed by atoms with van der Waals surface area (Å²) in [4.78, 5) is 24.5. The van der Waals surface area contributed by atoms with E-state index in [1.807, 2.05) is 26.0 Å². The van der Waals surface area contributed by atoms with Gasteiger partial charge >= 0.3 is 5.97 Å². The Labute approximate surface area is 200 Å². The second-order valence-corrected chi connectivity index (χ2v) is 7.84. The number of nitrogens with zero attached hydrogens (tertiary/aromatic N) is 1. The van der Waals surface area contributed by atoms with Crippen molar-refractivity contribution in [3.8, 4) is 17.2 Å². The zero-order chi connectivity index (χ0) is 23.6. The fourth-order valence-corrected chi connectivity index (χ4v) is 3.09. The van der Waals surface area contributed by atoms with Crippen LogP contribution in [0.2, 0.25) is 0 Å². The maximum absolute atomic E-state index is 12.5. The number of hydrogen-bond acceptors (Lipinski definition) is 6. The van der Waals surface area contributed by atoms with Crippen molar-refractivity contribution in [1.82, 2.24) is 5.43 Å². The molecule has 0 saturated heterocycles. The maximum atomic E-state index is 12.5. The van der Waals surface area contributed by atoms with Crippen molar-refractivity contribution in [3.63, 3.8) is 0 Å². The van der Waals surface area contributed by atoms with Crippen LogP contribution in [0.4, 0.5) is 0 Å². The van der Waals surface area contributed by atoms with Gasteiger partial charge in [0, 0.05) is 10.0 Å². The second kappa shape index (κ2) is 11.8. The Hall–Kier alpha value is -3.65.